The standard InChI is InChI=1S/C24H34N2O4/c1-6-7-19-14-22(27)30-23-16(2)21(9-8-20(19)23)29-17(3)24(28)26(5)15-18-10-12-25(4)13-11-18/h8-9,14,17-18H,6-7,10-13,15H2,1-5H3. The minimum atomic E-state index is -0.608. The number of amides is 1. The van der Waals surface area contributed by atoms with Crippen molar-refractivity contribution in [1.82, 2.24) is 9.80 Å². The largest absolute Gasteiger partial charge is 0.480 e. The summed E-state index contributed by atoms with van der Waals surface area (Å²) in [4.78, 5) is 29.0. The van der Waals surface area contributed by atoms with Gasteiger partial charge in [-0.05, 0) is 76.9 Å². The smallest absolute Gasteiger partial charge is 0.336 e. The number of rotatable bonds is 7. The monoisotopic (exact) mass is 414 g/mol. The molecule has 0 aliphatic carbocycles. The average molecular weight is 415 g/mol. The number of nitrogens with zero attached hydrogens (tertiary/aromatic N) is 2. The van der Waals surface area contributed by atoms with Crippen LogP contribution in [-0.2, 0) is 11.2 Å². The molecule has 6 nitrogen and oxygen atoms in total. The summed E-state index contributed by atoms with van der Waals surface area (Å²) in [5.74, 6) is 1.08. The second-order valence-corrected chi connectivity index (χ2v) is 8.63. The third-order valence-electron chi connectivity index (χ3n) is 6.11. The van der Waals surface area contributed by atoms with Gasteiger partial charge in [-0.2, -0.15) is 0 Å². The molecule has 2 heterocycles. The Morgan fingerprint density at radius 3 is 2.70 bits per heavy atom. The number of fused-ring (bicyclic) bond motifs is 1. The van der Waals surface area contributed by atoms with E-state index in [1.165, 1.54) is 0 Å². The van der Waals surface area contributed by atoms with Crippen molar-refractivity contribution >= 4 is 16.9 Å². The molecule has 1 unspecified atom stereocenters. The first-order chi connectivity index (χ1) is 14.3. The summed E-state index contributed by atoms with van der Waals surface area (Å²) in [6, 6.07) is 5.36. The van der Waals surface area contributed by atoms with E-state index in [0.29, 0.717) is 17.3 Å². The SMILES string of the molecule is CCCc1cc(=O)oc2c(C)c(OC(C)C(=O)N(C)CC3CCN(C)CC3)ccc12. The fraction of sp³-hybridized carbons (Fsp3) is 0.583. The average Bonchev–Trinajstić information content (AvgIpc) is 2.71. The van der Waals surface area contributed by atoms with Crippen molar-refractivity contribution in [1.29, 1.82) is 0 Å². The lowest BCUT2D eigenvalue weighted by Gasteiger charge is -2.32. The Bertz CT molecular complexity index is 944. The van der Waals surface area contributed by atoms with Crippen LogP contribution in [0.3, 0.4) is 0 Å². The van der Waals surface area contributed by atoms with Crippen LogP contribution in [0.15, 0.2) is 27.4 Å². The highest BCUT2D eigenvalue weighted by atomic mass is 16.5. The van der Waals surface area contributed by atoms with Crippen LogP contribution < -0.4 is 10.4 Å². The zero-order valence-electron chi connectivity index (χ0n) is 18.9. The number of hydrogen-bond acceptors (Lipinski definition) is 5. The maximum atomic E-state index is 12.9. The van der Waals surface area contributed by atoms with E-state index < -0.39 is 6.10 Å². The summed E-state index contributed by atoms with van der Waals surface area (Å²) in [6.07, 6.45) is 3.39. The predicted octanol–water partition coefficient (Wildman–Crippen LogP) is 3.62. The molecule has 1 aliphatic heterocycles. The summed E-state index contributed by atoms with van der Waals surface area (Å²) in [5.41, 5.74) is 1.93. The zero-order valence-corrected chi connectivity index (χ0v) is 18.9. The summed E-state index contributed by atoms with van der Waals surface area (Å²) >= 11 is 0. The first-order valence-electron chi connectivity index (χ1n) is 11.0. The molecule has 0 N–H and O–H groups in total. The van der Waals surface area contributed by atoms with Crippen LogP contribution >= 0.6 is 0 Å². The van der Waals surface area contributed by atoms with Crippen molar-refractivity contribution in [3.8, 4) is 5.75 Å². The Morgan fingerprint density at radius 1 is 1.33 bits per heavy atom. The molecule has 1 aliphatic rings. The Kier molecular flexibility index (Phi) is 7.19. The lowest BCUT2D eigenvalue weighted by atomic mass is 9.96. The summed E-state index contributed by atoms with van der Waals surface area (Å²) in [6.45, 7) is 8.66. The van der Waals surface area contributed by atoms with Gasteiger partial charge in [0.2, 0.25) is 0 Å². The number of piperidine rings is 1. The topological polar surface area (TPSA) is 63.0 Å². The minimum Gasteiger partial charge on any atom is -0.480 e. The van der Waals surface area contributed by atoms with Crippen LogP contribution in [0.4, 0.5) is 0 Å². The van der Waals surface area contributed by atoms with Gasteiger partial charge in [-0.1, -0.05) is 13.3 Å². The van der Waals surface area contributed by atoms with Crippen molar-refractivity contribution < 1.29 is 13.9 Å². The molecular formula is C24H34N2O4. The van der Waals surface area contributed by atoms with Gasteiger partial charge in [0, 0.05) is 30.6 Å². The van der Waals surface area contributed by atoms with E-state index in [2.05, 4.69) is 18.9 Å². The van der Waals surface area contributed by atoms with Crippen LogP contribution in [0.5, 0.6) is 5.75 Å². The predicted molar refractivity (Wildman–Crippen MR) is 119 cm³/mol. The van der Waals surface area contributed by atoms with Gasteiger partial charge in [0.25, 0.3) is 5.91 Å². The Morgan fingerprint density at radius 2 is 2.03 bits per heavy atom. The summed E-state index contributed by atoms with van der Waals surface area (Å²) in [7, 11) is 3.99. The quantitative estimate of drug-likeness (QED) is 0.648. The molecule has 3 rings (SSSR count). The normalized spacial score (nSPS) is 16.6. The van der Waals surface area contributed by atoms with Crippen molar-refractivity contribution in [3.63, 3.8) is 0 Å². The van der Waals surface area contributed by atoms with Gasteiger partial charge in [0.1, 0.15) is 11.3 Å². The Balaban J connectivity index is 1.72. The highest BCUT2D eigenvalue weighted by molar-refractivity contribution is 5.85. The number of likely N-dealkylation sites (N-methyl/N-ethyl adjacent to an activating group) is 1. The van der Waals surface area contributed by atoms with Gasteiger partial charge in [-0.25, -0.2) is 4.79 Å². The van der Waals surface area contributed by atoms with E-state index in [1.807, 2.05) is 26.1 Å². The zero-order chi connectivity index (χ0) is 21.8. The van der Waals surface area contributed by atoms with Crippen molar-refractivity contribution in [2.75, 3.05) is 33.7 Å². The van der Waals surface area contributed by atoms with Crippen molar-refractivity contribution in [2.45, 2.75) is 52.6 Å². The highest BCUT2D eigenvalue weighted by Gasteiger charge is 2.25. The number of aryl methyl sites for hydroxylation is 2. The molecule has 2 aromatic rings. The fourth-order valence-corrected chi connectivity index (χ4v) is 4.29. The third kappa shape index (κ3) is 5.04. The van der Waals surface area contributed by atoms with Crippen molar-refractivity contribution in [3.05, 3.63) is 39.7 Å². The lowest BCUT2D eigenvalue weighted by Crippen LogP contribution is -2.42. The third-order valence-corrected chi connectivity index (χ3v) is 6.11. The maximum absolute atomic E-state index is 12.9. The fourth-order valence-electron chi connectivity index (χ4n) is 4.29. The minimum absolute atomic E-state index is 0.0328. The lowest BCUT2D eigenvalue weighted by molar-refractivity contribution is -0.137. The summed E-state index contributed by atoms with van der Waals surface area (Å²) < 4.78 is 11.5. The molecule has 0 saturated carbocycles. The molecule has 30 heavy (non-hydrogen) atoms. The van der Waals surface area contributed by atoms with Crippen molar-refractivity contribution in [2.24, 2.45) is 5.92 Å². The maximum Gasteiger partial charge on any atom is 0.336 e. The van der Waals surface area contributed by atoms with Crippen LogP contribution in [0.2, 0.25) is 0 Å². The Hall–Kier alpha value is -2.34. The molecule has 1 aromatic carbocycles. The molecule has 1 atom stereocenters. The molecular weight excluding hydrogens is 380 g/mol. The summed E-state index contributed by atoms with van der Waals surface area (Å²) in [5, 5.41) is 0.930. The van der Waals surface area contributed by atoms with Crippen LogP contribution in [0.1, 0.15) is 44.2 Å². The molecule has 164 valence electrons. The van der Waals surface area contributed by atoms with Crippen LogP contribution in [0, 0.1) is 12.8 Å². The molecule has 0 bridgehead atoms. The van der Waals surface area contributed by atoms with Crippen LogP contribution in [-0.4, -0.2) is 55.5 Å². The number of carbonyl (C=O) groups is 1. The van der Waals surface area contributed by atoms with Gasteiger partial charge >= 0.3 is 5.63 Å². The molecule has 1 saturated heterocycles. The molecule has 1 amide bonds. The van der Waals surface area contributed by atoms with Gasteiger partial charge in [0.05, 0.1) is 0 Å². The second-order valence-electron chi connectivity index (χ2n) is 8.63. The first-order valence-corrected chi connectivity index (χ1v) is 11.0. The number of benzene rings is 1. The Labute approximate surface area is 178 Å². The molecule has 6 heteroatoms. The number of ether oxygens (including phenoxy) is 1. The van der Waals surface area contributed by atoms with E-state index in [9.17, 15) is 9.59 Å². The van der Waals surface area contributed by atoms with E-state index in [-0.39, 0.29) is 11.5 Å². The highest BCUT2D eigenvalue weighted by Crippen LogP contribution is 2.30. The van der Waals surface area contributed by atoms with Gasteiger partial charge in [-0.15, -0.1) is 0 Å². The number of carbonyl (C=O) groups excluding carboxylic acids is 1. The van der Waals surface area contributed by atoms with E-state index in [0.717, 1.165) is 61.8 Å². The molecule has 1 fully saturated rings. The van der Waals surface area contributed by atoms with Gasteiger partial charge in [-0.3, -0.25) is 4.79 Å². The molecule has 0 spiro atoms. The van der Waals surface area contributed by atoms with Crippen LogP contribution in [0.25, 0.3) is 11.0 Å². The molecule has 0 radical (unpaired) electrons. The van der Waals surface area contributed by atoms with E-state index in [4.69, 9.17) is 9.15 Å². The molecule has 1 aromatic heterocycles. The van der Waals surface area contributed by atoms with Gasteiger partial charge < -0.3 is 19.0 Å². The first kappa shape index (κ1) is 22.3. The second kappa shape index (κ2) is 9.65. The number of hydrogen-bond donors (Lipinski definition) is 0. The van der Waals surface area contributed by atoms with E-state index in [1.54, 1.807) is 17.9 Å². The van der Waals surface area contributed by atoms with Gasteiger partial charge in [0.15, 0.2) is 6.10 Å². The van der Waals surface area contributed by atoms with E-state index >= 15 is 0 Å². The number of likely N-dealkylation sites (tertiary alicyclic amines) is 1.